The molecule has 0 unspecified atom stereocenters. The van der Waals surface area contributed by atoms with Crippen molar-refractivity contribution in [3.63, 3.8) is 0 Å². The summed E-state index contributed by atoms with van der Waals surface area (Å²) < 4.78 is 3.65. The first-order chi connectivity index (χ1) is 8.27. The zero-order valence-electron chi connectivity index (χ0n) is 10.8. The summed E-state index contributed by atoms with van der Waals surface area (Å²) >= 11 is 1.87. The molecule has 88 valence electrons. The Bertz CT molecular complexity index is 652. The maximum Gasteiger partial charge on any atom is 0.234 e. The van der Waals surface area contributed by atoms with Gasteiger partial charge in [0.1, 0.15) is 11.7 Å². The van der Waals surface area contributed by atoms with Gasteiger partial charge < -0.3 is 0 Å². The molecule has 17 heavy (non-hydrogen) atoms. The minimum absolute atomic E-state index is 1.33. The lowest BCUT2D eigenvalue weighted by Crippen LogP contribution is -2.28. The summed E-state index contributed by atoms with van der Waals surface area (Å²) in [6.45, 7) is 6.17. The lowest BCUT2D eigenvalue weighted by atomic mass is 10.1. The molecule has 0 aliphatic rings. The molecule has 0 aliphatic carbocycles. The monoisotopic (exact) mass is 244 g/mol. The van der Waals surface area contributed by atoms with Crippen LogP contribution < -0.4 is 4.57 Å². The number of thiazole rings is 1. The second-order valence-corrected chi connectivity index (χ2v) is 5.02. The zero-order chi connectivity index (χ0) is 12.4. The van der Waals surface area contributed by atoms with Crippen LogP contribution in [0, 0.1) is 6.92 Å². The van der Waals surface area contributed by atoms with Gasteiger partial charge in [0, 0.05) is 18.4 Å². The van der Waals surface area contributed by atoms with Gasteiger partial charge in [-0.3, -0.25) is 0 Å². The molecule has 0 saturated carbocycles. The van der Waals surface area contributed by atoms with Gasteiger partial charge in [0.15, 0.2) is 0 Å². The molecule has 0 bridgehead atoms. The molecule has 3 rings (SSSR count). The van der Waals surface area contributed by atoms with E-state index >= 15 is 0 Å². The summed E-state index contributed by atoms with van der Waals surface area (Å²) in [5.74, 6) is 0. The summed E-state index contributed by atoms with van der Waals surface area (Å²) in [7, 11) is 2.13. The molecule has 0 aliphatic heterocycles. The van der Waals surface area contributed by atoms with Crippen molar-refractivity contribution >= 4 is 32.3 Å². The van der Waals surface area contributed by atoms with Gasteiger partial charge in [-0.05, 0) is 11.5 Å². The first-order valence-corrected chi connectivity index (χ1v) is 6.86. The fourth-order valence-corrected chi connectivity index (χ4v) is 3.12. The smallest absolute Gasteiger partial charge is 0.189 e. The van der Waals surface area contributed by atoms with E-state index in [4.69, 9.17) is 0 Å². The third-order valence-electron chi connectivity index (χ3n) is 2.94. The maximum absolute atomic E-state index is 2.26. The Morgan fingerprint density at radius 2 is 1.71 bits per heavy atom. The predicted octanol–water partition coefficient (Wildman–Crippen LogP) is 4.21. The molecule has 0 saturated heterocycles. The lowest BCUT2D eigenvalue weighted by Gasteiger charge is -1.95. The van der Waals surface area contributed by atoms with Crippen molar-refractivity contribution in [3.8, 4) is 0 Å². The van der Waals surface area contributed by atoms with Crippen molar-refractivity contribution in [2.75, 3.05) is 0 Å². The zero-order valence-corrected chi connectivity index (χ0v) is 11.6. The van der Waals surface area contributed by atoms with Crippen LogP contribution in [0.4, 0.5) is 0 Å². The van der Waals surface area contributed by atoms with Crippen LogP contribution in [0.15, 0.2) is 36.4 Å². The fourth-order valence-electron chi connectivity index (χ4n) is 1.99. The van der Waals surface area contributed by atoms with Crippen LogP contribution >= 0.6 is 11.3 Å². The number of benzene rings is 2. The Morgan fingerprint density at radius 1 is 1.00 bits per heavy atom. The Labute approximate surface area is 106 Å². The third kappa shape index (κ3) is 1.93. The van der Waals surface area contributed by atoms with E-state index in [0.29, 0.717) is 0 Å². The van der Waals surface area contributed by atoms with E-state index in [1.807, 2.05) is 25.2 Å². The first kappa shape index (κ1) is 12.1. The van der Waals surface area contributed by atoms with Crippen molar-refractivity contribution in [2.24, 2.45) is 7.05 Å². The Kier molecular flexibility index (Phi) is 3.43. The summed E-state index contributed by atoms with van der Waals surface area (Å²) in [6.07, 6.45) is 0. The molecule has 0 amide bonds. The van der Waals surface area contributed by atoms with Crippen LogP contribution in [0.1, 0.15) is 18.9 Å². The van der Waals surface area contributed by atoms with Crippen molar-refractivity contribution in [3.05, 3.63) is 41.4 Å². The quantitative estimate of drug-likeness (QED) is 0.521. The average molecular weight is 244 g/mol. The van der Waals surface area contributed by atoms with E-state index in [0.717, 1.165) is 0 Å². The van der Waals surface area contributed by atoms with Crippen LogP contribution in [-0.2, 0) is 7.05 Å². The largest absolute Gasteiger partial charge is 0.234 e. The SMILES string of the molecule is CC.Cc1sc2c3ccccc3ccc2[n+]1C. The fraction of sp³-hybridized carbons (Fsp3) is 0.267. The summed E-state index contributed by atoms with van der Waals surface area (Å²) in [5, 5.41) is 4.04. The molecule has 1 heterocycles. The maximum atomic E-state index is 2.26. The number of rotatable bonds is 0. The molecule has 0 atom stereocenters. The van der Waals surface area contributed by atoms with Gasteiger partial charge in [-0.2, -0.15) is 4.57 Å². The Hall–Kier alpha value is -1.41. The molecule has 0 fully saturated rings. The third-order valence-corrected chi connectivity index (χ3v) is 4.14. The highest BCUT2D eigenvalue weighted by molar-refractivity contribution is 7.19. The van der Waals surface area contributed by atoms with Gasteiger partial charge in [-0.1, -0.05) is 49.4 Å². The Balaban J connectivity index is 0.000000514. The van der Waals surface area contributed by atoms with Crippen LogP contribution in [0.25, 0.3) is 21.0 Å². The van der Waals surface area contributed by atoms with E-state index in [2.05, 4.69) is 54.9 Å². The summed E-state index contributed by atoms with van der Waals surface area (Å²) in [6, 6.07) is 13.0. The Morgan fingerprint density at radius 3 is 2.47 bits per heavy atom. The highest BCUT2D eigenvalue weighted by Gasteiger charge is 2.14. The van der Waals surface area contributed by atoms with E-state index in [-0.39, 0.29) is 0 Å². The molecule has 1 nitrogen and oxygen atoms in total. The van der Waals surface area contributed by atoms with Crippen molar-refractivity contribution in [2.45, 2.75) is 20.8 Å². The minimum atomic E-state index is 1.33. The van der Waals surface area contributed by atoms with Gasteiger partial charge in [-0.15, -0.1) is 0 Å². The number of nitrogens with zero attached hydrogens (tertiary/aromatic N) is 1. The second kappa shape index (κ2) is 4.84. The number of aryl methyl sites for hydroxylation is 2. The molecule has 0 spiro atoms. The van der Waals surface area contributed by atoms with Crippen LogP contribution in [0.3, 0.4) is 0 Å². The van der Waals surface area contributed by atoms with Gasteiger partial charge in [-0.25, -0.2) is 0 Å². The molecule has 0 radical (unpaired) electrons. The molecule has 3 aromatic rings. The van der Waals surface area contributed by atoms with E-state index in [1.54, 1.807) is 0 Å². The van der Waals surface area contributed by atoms with E-state index < -0.39 is 0 Å². The molecular formula is C15H18NS+. The lowest BCUT2D eigenvalue weighted by molar-refractivity contribution is -0.646. The molecule has 0 N–H and O–H groups in total. The van der Waals surface area contributed by atoms with Crippen molar-refractivity contribution in [1.82, 2.24) is 0 Å². The van der Waals surface area contributed by atoms with Gasteiger partial charge in [0.25, 0.3) is 0 Å². The molecule has 2 heteroatoms. The first-order valence-electron chi connectivity index (χ1n) is 6.04. The van der Waals surface area contributed by atoms with Gasteiger partial charge in [0.2, 0.25) is 10.5 Å². The number of hydrogen-bond donors (Lipinski definition) is 0. The number of fused-ring (bicyclic) bond motifs is 3. The van der Waals surface area contributed by atoms with Gasteiger partial charge in [0.05, 0.1) is 0 Å². The van der Waals surface area contributed by atoms with Crippen LogP contribution in [0.5, 0.6) is 0 Å². The number of hydrogen-bond acceptors (Lipinski definition) is 1. The second-order valence-electron chi connectivity index (χ2n) is 3.82. The van der Waals surface area contributed by atoms with E-state index in [1.165, 1.54) is 26.0 Å². The molecular weight excluding hydrogens is 226 g/mol. The van der Waals surface area contributed by atoms with Crippen molar-refractivity contribution < 1.29 is 4.57 Å². The highest BCUT2D eigenvalue weighted by Crippen LogP contribution is 2.28. The average Bonchev–Trinajstić information content (AvgIpc) is 2.68. The van der Waals surface area contributed by atoms with E-state index in [9.17, 15) is 0 Å². The molecule has 2 aromatic carbocycles. The van der Waals surface area contributed by atoms with Crippen molar-refractivity contribution in [1.29, 1.82) is 0 Å². The molecule has 1 aromatic heterocycles. The predicted molar refractivity (Wildman–Crippen MR) is 76.6 cm³/mol. The number of aromatic nitrogens is 1. The standard InChI is InChI=1S/C13H12NS.C2H6/c1-9-14(2)12-8-7-10-5-3-4-6-11(10)13(12)15-9;1-2/h3-8H,1-2H3;1-2H3/q+1;. The van der Waals surface area contributed by atoms with Gasteiger partial charge >= 0.3 is 0 Å². The minimum Gasteiger partial charge on any atom is -0.189 e. The van der Waals surface area contributed by atoms with Crippen LogP contribution in [-0.4, -0.2) is 0 Å². The topological polar surface area (TPSA) is 3.88 Å². The summed E-state index contributed by atoms with van der Waals surface area (Å²) in [5.41, 5.74) is 1.33. The highest BCUT2D eigenvalue weighted by atomic mass is 32.1. The normalized spacial score (nSPS) is 10.4. The van der Waals surface area contributed by atoms with Crippen LogP contribution in [0.2, 0.25) is 0 Å². The summed E-state index contributed by atoms with van der Waals surface area (Å²) in [4.78, 5) is 0.